The van der Waals surface area contributed by atoms with Crippen LogP contribution in [0.1, 0.15) is 6.42 Å². The first-order valence-electron chi connectivity index (χ1n) is 9.77. The summed E-state index contributed by atoms with van der Waals surface area (Å²) in [6.07, 6.45) is 2.13. The number of amides is 2. The van der Waals surface area contributed by atoms with Gasteiger partial charge in [0, 0.05) is 12.1 Å². The number of carbonyl (C=O) groups is 2. The molecule has 0 unspecified atom stereocenters. The molecule has 2 saturated heterocycles. The number of H-pyrrole nitrogens is 1. The monoisotopic (exact) mass is 398 g/mol. The van der Waals surface area contributed by atoms with E-state index in [9.17, 15) is 9.59 Å². The van der Waals surface area contributed by atoms with Crippen molar-refractivity contribution in [3.63, 3.8) is 0 Å². The van der Waals surface area contributed by atoms with Crippen molar-refractivity contribution in [1.82, 2.24) is 0 Å². The zero-order valence-corrected chi connectivity index (χ0v) is 16.7. The highest BCUT2D eigenvalue weighted by Crippen LogP contribution is 2.34. The van der Waals surface area contributed by atoms with E-state index in [1.54, 1.807) is 25.3 Å². The predicted octanol–water partition coefficient (Wildman–Crippen LogP) is -0.445. The van der Waals surface area contributed by atoms with E-state index >= 15 is 0 Å². The molecule has 2 aliphatic heterocycles. The number of piperazine rings is 1. The fourth-order valence-corrected chi connectivity index (χ4v) is 4.14. The third kappa shape index (κ3) is 3.63. The average molecular weight is 398 g/mol. The number of benzene rings is 1. The van der Waals surface area contributed by atoms with Gasteiger partial charge in [-0.1, -0.05) is 6.07 Å². The van der Waals surface area contributed by atoms with Gasteiger partial charge in [0.25, 0.3) is 11.7 Å². The molecule has 0 aliphatic carbocycles. The molecule has 0 bridgehead atoms. The molecule has 0 saturated carbocycles. The number of rotatable bonds is 5. The highest BCUT2D eigenvalue weighted by molar-refractivity contribution is 6.22. The molecular formula is C21H26N4O4+2. The Morgan fingerprint density at radius 3 is 2.52 bits per heavy atom. The van der Waals surface area contributed by atoms with Crippen molar-refractivity contribution in [3.8, 4) is 11.5 Å². The third-order valence-electron chi connectivity index (χ3n) is 5.71. The van der Waals surface area contributed by atoms with Gasteiger partial charge in [-0.2, -0.15) is 0 Å². The first-order chi connectivity index (χ1) is 14.1. The second-order valence-corrected chi connectivity index (χ2v) is 7.25. The summed E-state index contributed by atoms with van der Waals surface area (Å²) in [5, 5.41) is 0. The molecule has 3 heterocycles. The van der Waals surface area contributed by atoms with Crippen molar-refractivity contribution in [2.24, 2.45) is 0 Å². The summed E-state index contributed by atoms with van der Waals surface area (Å²) in [4.78, 5) is 33.9. The number of hydrogen-bond acceptors (Lipinski definition) is 5. The zero-order chi connectivity index (χ0) is 20.4. The molecule has 2 amide bonds. The van der Waals surface area contributed by atoms with Gasteiger partial charge in [-0.15, -0.1) is 0 Å². The summed E-state index contributed by atoms with van der Waals surface area (Å²) >= 11 is 0. The lowest BCUT2D eigenvalue weighted by Gasteiger charge is -2.31. The highest BCUT2D eigenvalue weighted by Gasteiger charge is 2.47. The van der Waals surface area contributed by atoms with Crippen LogP contribution in [0.25, 0.3) is 0 Å². The Morgan fingerprint density at radius 1 is 1.07 bits per heavy atom. The number of hydrogen-bond donors (Lipinski definition) is 1. The van der Waals surface area contributed by atoms with Crippen LogP contribution < -0.4 is 29.2 Å². The van der Waals surface area contributed by atoms with Gasteiger partial charge >= 0.3 is 0 Å². The molecule has 1 aromatic heterocycles. The summed E-state index contributed by atoms with van der Waals surface area (Å²) in [5.41, 5.74) is 0.475. The standard InChI is InChI=1S/C21H24N4O4/c1-28-15-6-7-16(18(13-15)29-2)25-20(26)14-17(21(25)27)23-9-11-24(12-10-23)19-5-3-4-8-22-19/h3-8,13,17H,9-12,14H2,1-2H3/p+2/t17-/m0/s1. The van der Waals surface area contributed by atoms with Crippen LogP contribution in [0.3, 0.4) is 0 Å². The van der Waals surface area contributed by atoms with E-state index in [2.05, 4.69) is 9.88 Å². The van der Waals surface area contributed by atoms with Crippen LogP contribution in [0, 0.1) is 0 Å². The topological polar surface area (TPSA) is 77.7 Å². The van der Waals surface area contributed by atoms with Gasteiger partial charge in [0.2, 0.25) is 5.91 Å². The molecule has 152 valence electrons. The normalized spacial score (nSPS) is 20.3. The van der Waals surface area contributed by atoms with Crippen LogP contribution in [-0.2, 0) is 9.59 Å². The highest BCUT2D eigenvalue weighted by atomic mass is 16.5. The molecule has 1 atom stereocenters. The maximum atomic E-state index is 13.2. The van der Waals surface area contributed by atoms with E-state index in [0.717, 1.165) is 36.9 Å². The van der Waals surface area contributed by atoms with Crippen LogP contribution in [0.5, 0.6) is 11.5 Å². The lowest BCUT2D eigenvalue weighted by Crippen LogP contribution is -3.19. The molecule has 2 fully saturated rings. The van der Waals surface area contributed by atoms with Gasteiger partial charge in [-0.05, 0) is 18.2 Å². The number of quaternary nitrogens is 1. The Morgan fingerprint density at radius 2 is 1.86 bits per heavy atom. The lowest BCUT2D eigenvalue weighted by atomic mass is 10.1. The Labute approximate surface area is 169 Å². The Balaban J connectivity index is 1.48. The fraction of sp³-hybridized carbons (Fsp3) is 0.381. The van der Waals surface area contributed by atoms with E-state index in [0.29, 0.717) is 17.2 Å². The van der Waals surface area contributed by atoms with Crippen LogP contribution in [0.15, 0.2) is 42.6 Å². The molecule has 2 aliphatic rings. The Kier molecular flexibility index (Phi) is 5.35. The zero-order valence-electron chi connectivity index (χ0n) is 16.7. The number of methoxy groups -OCH3 is 2. The SMILES string of the molecule is COc1ccc(N2C(=O)C[C@H]([NH+]3CCN(c4cccc[nH+]4)CC3)C2=O)c(OC)c1. The number of nitrogens with zero attached hydrogens (tertiary/aromatic N) is 2. The molecule has 0 radical (unpaired) electrons. The van der Waals surface area contributed by atoms with Crippen molar-refractivity contribution in [1.29, 1.82) is 0 Å². The number of pyridine rings is 1. The van der Waals surface area contributed by atoms with Crippen LogP contribution in [-0.4, -0.2) is 58.3 Å². The molecule has 8 nitrogen and oxygen atoms in total. The summed E-state index contributed by atoms with van der Waals surface area (Å²) in [7, 11) is 3.08. The molecular weight excluding hydrogens is 372 g/mol. The van der Waals surface area contributed by atoms with Gasteiger partial charge in [-0.25, -0.2) is 9.88 Å². The number of carbonyl (C=O) groups excluding carboxylic acids is 2. The number of imide groups is 1. The van der Waals surface area contributed by atoms with Gasteiger partial charge in [0.1, 0.15) is 37.7 Å². The van der Waals surface area contributed by atoms with Gasteiger partial charge in [0.15, 0.2) is 6.04 Å². The minimum Gasteiger partial charge on any atom is -0.497 e. The molecule has 29 heavy (non-hydrogen) atoms. The van der Waals surface area contributed by atoms with Crippen molar-refractivity contribution in [2.45, 2.75) is 12.5 Å². The summed E-state index contributed by atoms with van der Waals surface area (Å²) < 4.78 is 10.6. The van der Waals surface area contributed by atoms with Gasteiger partial charge < -0.3 is 14.4 Å². The first-order valence-corrected chi connectivity index (χ1v) is 9.77. The molecule has 1 aromatic carbocycles. The lowest BCUT2D eigenvalue weighted by molar-refractivity contribution is -0.915. The number of anilines is 2. The first kappa shape index (κ1) is 19.2. The van der Waals surface area contributed by atoms with E-state index in [-0.39, 0.29) is 24.3 Å². The van der Waals surface area contributed by atoms with E-state index in [1.165, 1.54) is 12.0 Å². The summed E-state index contributed by atoms with van der Waals surface area (Å²) in [6.45, 7) is 3.28. The number of ether oxygens (including phenoxy) is 2. The van der Waals surface area contributed by atoms with Crippen LogP contribution in [0.4, 0.5) is 11.5 Å². The van der Waals surface area contributed by atoms with Crippen molar-refractivity contribution in [2.75, 3.05) is 50.2 Å². The molecule has 2 N–H and O–H groups in total. The Hall–Kier alpha value is -3.13. The Bertz CT molecular complexity index is 897. The summed E-state index contributed by atoms with van der Waals surface area (Å²) in [6, 6.07) is 10.8. The second-order valence-electron chi connectivity index (χ2n) is 7.25. The maximum Gasteiger partial charge on any atom is 0.292 e. The minimum absolute atomic E-state index is 0.159. The van der Waals surface area contributed by atoms with E-state index in [4.69, 9.17) is 9.47 Å². The van der Waals surface area contributed by atoms with Gasteiger partial charge in [-0.3, -0.25) is 14.5 Å². The minimum atomic E-state index is -0.351. The molecule has 0 spiro atoms. The molecule has 2 aromatic rings. The third-order valence-corrected chi connectivity index (χ3v) is 5.71. The quantitative estimate of drug-likeness (QED) is 0.691. The number of aromatic nitrogens is 1. The number of aromatic amines is 1. The summed E-state index contributed by atoms with van der Waals surface area (Å²) in [5.74, 6) is 1.79. The van der Waals surface area contributed by atoms with Gasteiger partial charge in [0.05, 0.1) is 32.5 Å². The average Bonchev–Trinajstić information content (AvgIpc) is 3.07. The molecule has 8 heteroatoms. The van der Waals surface area contributed by atoms with E-state index in [1.807, 2.05) is 24.4 Å². The van der Waals surface area contributed by atoms with Crippen molar-refractivity contribution in [3.05, 3.63) is 42.6 Å². The van der Waals surface area contributed by atoms with Crippen molar-refractivity contribution < 1.29 is 28.9 Å². The van der Waals surface area contributed by atoms with Crippen LogP contribution >= 0.6 is 0 Å². The smallest absolute Gasteiger partial charge is 0.292 e. The van der Waals surface area contributed by atoms with E-state index < -0.39 is 0 Å². The number of nitrogens with one attached hydrogen (secondary N) is 2. The van der Waals surface area contributed by atoms with Crippen LogP contribution in [0.2, 0.25) is 0 Å². The second kappa shape index (κ2) is 8.08. The molecule has 4 rings (SSSR count). The fourth-order valence-electron chi connectivity index (χ4n) is 4.14. The largest absolute Gasteiger partial charge is 0.497 e. The predicted molar refractivity (Wildman–Crippen MR) is 106 cm³/mol. The van der Waals surface area contributed by atoms with Crippen molar-refractivity contribution >= 4 is 23.3 Å². The maximum absolute atomic E-state index is 13.2.